The van der Waals surface area contributed by atoms with Crippen LogP contribution < -0.4 is 24.8 Å². The molecular formula is C10H11AlCl2. The van der Waals surface area contributed by atoms with Crippen LogP contribution in [0.2, 0.25) is 5.28 Å². The average molecular weight is 229 g/mol. The molecule has 0 saturated heterocycles. The summed E-state index contributed by atoms with van der Waals surface area (Å²) >= 11 is 2.67. The Morgan fingerprint density at radius 2 is 1.69 bits per heavy atom. The van der Waals surface area contributed by atoms with Gasteiger partial charge in [-0.2, -0.15) is 0 Å². The number of rotatable bonds is 2. The van der Waals surface area contributed by atoms with Crippen LogP contribution in [0.1, 0.15) is 11.1 Å². The SMILES string of the molecule is Cc1ccc(C=C[CH2][Al+2])cc1.[Cl-].[Cl-]. The van der Waals surface area contributed by atoms with E-state index in [1.165, 1.54) is 11.1 Å². The Labute approximate surface area is 101 Å². The van der Waals surface area contributed by atoms with Crippen LogP contribution in [-0.2, 0) is 0 Å². The van der Waals surface area contributed by atoms with Crippen LogP contribution >= 0.6 is 0 Å². The number of hydrogen-bond acceptors (Lipinski definition) is 0. The summed E-state index contributed by atoms with van der Waals surface area (Å²) in [5.41, 5.74) is 2.59. The Kier molecular flexibility index (Phi) is 10.4. The molecule has 1 aromatic carbocycles. The first-order valence-electron chi connectivity index (χ1n) is 3.76. The fourth-order valence-electron chi connectivity index (χ4n) is 0.882. The van der Waals surface area contributed by atoms with Gasteiger partial charge < -0.3 is 24.8 Å². The summed E-state index contributed by atoms with van der Waals surface area (Å²) < 4.78 is 0. The minimum absolute atomic E-state index is 0. The smallest absolute Gasteiger partial charge is 1.00 e. The summed E-state index contributed by atoms with van der Waals surface area (Å²) in [6.45, 7) is 2.10. The van der Waals surface area contributed by atoms with Crippen molar-refractivity contribution in [1.29, 1.82) is 0 Å². The molecule has 0 aromatic heterocycles. The Bertz CT molecular complexity index is 242. The van der Waals surface area contributed by atoms with Gasteiger partial charge in [-0.05, 0) is 0 Å². The normalized spacial score (nSPS) is 9.15. The van der Waals surface area contributed by atoms with Gasteiger partial charge in [0.1, 0.15) is 0 Å². The van der Waals surface area contributed by atoms with Gasteiger partial charge in [-0.1, -0.05) is 0 Å². The zero-order chi connectivity index (χ0) is 8.10. The summed E-state index contributed by atoms with van der Waals surface area (Å²) in [6.07, 6.45) is 4.27. The standard InChI is InChI=1S/C10H11.Al.2ClH/c1-3-4-10-7-5-9(2)6-8-10;;;/h3-8H,1H2,2H3;;2*1H/q;+2;;/p-2. The molecule has 0 fully saturated rings. The maximum absolute atomic E-state index is 2.67. The molecule has 1 aromatic rings. The Hall–Kier alpha value is 0.0725. The molecule has 0 aliphatic rings. The topological polar surface area (TPSA) is 0 Å². The van der Waals surface area contributed by atoms with Crippen molar-refractivity contribution in [3.63, 3.8) is 0 Å². The van der Waals surface area contributed by atoms with Crippen molar-refractivity contribution in [2.24, 2.45) is 0 Å². The molecule has 0 aliphatic heterocycles. The second kappa shape index (κ2) is 8.66. The molecule has 0 spiro atoms. The van der Waals surface area contributed by atoms with Crippen LogP contribution in [0.25, 0.3) is 6.08 Å². The maximum Gasteiger partial charge on any atom is -1.00 e. The molecule has 0 bridgehead atoms. The Morgan fingerprint density at radius 1 is 1.15 bits per heavy atom. The molecule has 0 amide bonds. The second-order valence-corrected chi connectivity index (χ2v) is 3.02. The van der Waals surface area contributed by atoms with Gasteiger partial charge >= 0.3 is 76.0 Å². The first-order valence-corrected chi connectivity index (χ1v) is 4.58. The van der Waals surface area contributed by atoms with Gasteiger partial charge in [-0.25, -0.2) is 0 Å². The van der Waals surface area contributed by atoms with Crippen LogP contribution in [0.5, 0.6) is 0 Å². The first kappa shape index (κ1) is 15.5. The van der Waals surface area contributed by atoms with Crippen molar-refractivity contribution in [2.75, 3.05) is 0 Å². The number of aryl methyl sites for hydroxylation is 1. The number of benzene rings is 1. The first-order chi connectivity index (χ1) is 5.33. The molecular weight excluding hydrogens is 218 g/mol. The third-order valence-electron chi connectivity index (χ3n) is 1.52. The fraction of sp³-hybridized carbons (Fsp3) is 0.200. The third kappa shape index (κ3) is 6.18. The van der Waals surface area contributed by atoms with Gasteiger partial charge in [0.05, 0.1) is 0 Å². The van der Waals surface area contributed by atoms with Crippen molar-refractivity contribution in [1.82, 2.24) is 0 Å². The van der Waals surface area contributed by atoms with Crippen molar-refractivity contribution < 1.29 is 24.8 Å². The minimum Gasteiger partial charge on any atom is -1.00 e. The summed E-state index contributed by atoms with van der Waals surface area (Å²) in [5, 5.41) is 1.02. The molecule has 0 N–H and O–H groups in total. The molecule has 3 heteroatoms. The van der Waals surface area contributed by atoms with E-state index in [1.54, 1.807) is 0 Å². The van der Waals surface area contributed by atoms with E-state index in [1.807, 2.05) is 0 Å². The molecule has 13 heavy (non-hydrogen) atoms. The van der Waals surface area contributed by atoms with E-state index in [2.05, 4.69) is 59.6 Å². The number of allylic oxidation sites excluding steroid dienone is 1. The van der Waals surface area contributed by atoms with Gasteiger partial charge in [-0.15, -0.1) is 0 Å². The predicted molar refractivity (Wildman–Crippen MR) is 50.8 cm³/mol. The second-order valence-electron chi connectivity index (χ2n) is 2.55. The molecule has 1 rings (SSSR count). The largest absolute Gasteiger partial charge is 1.00 e. The number of hydrogen-bond donors (Lipinski definition) is 0. The van der Waals surface area contributed by atoms with E-state index in [-0.39, 0.29) is 24.8 Å². The van der Waals surface area contributed by atoms with Crippen molar-refractivity contribution in [3.05, 3.63) is 41.5 Å². The van der Waals surface area contributed by atoms with E-state index >= 15 is 0 Å². The van der Waals surface area contributed by atoms with Gasteiger partial charge in [0.15, 0.2) is 0 Å². The minimum atomic E-state index is 0. The zero-order valence-corrected chi connectivity index (χ0v) is 10.2. The molecule has 0 heterocycles. The fourth-order valence-corrected chi connectivity index (χ4v) is 1.02. The van der Waals surface area contributed by atoms with Crippen LogP contribution in [0.15, 0.2) is 30.3 Å². The quantitative estimate of drug-likeness (QED) is 0.464. The molecule has 0 saturated carbocycles. The molecule has 68 valence electrons. The zero-order valence-electron chi connectivity index (χ0n) is 7.50. The van der Waals surface area contributed by atoms with E-state index in [0.717, 1.165) is 5.28 Å². The average Bonchev–Trinajstić information content (AvgIpc) is 2.04. The summed E-state index contributed by atoms with van der Waals surface area (Å²) in [6, 6.07) is 8.52. The monoisotopic (exact) mass is 228 g/mol. The summed E-state index contributed by atoms with van der Waals surface area (Å²) in [4.78, 5) is 0. The van der Waals surface area contributed by atoms with Crippen LogP contribution in [0.4, 0.5) is 0 Å². The summed E-state index contributed by atoms with van der Waals surface area (Å²) in [7, 11) is 0. The van der Waals surface area contributed by atoms with Crippen LogP contribution in [0, 0.1) is 6.92 Å². The van der Waals surface area contributed by atoms with Gasteiger partial charge in [0.25, 0.3) is 0 Å². The molecule has 0 radical (unpaired) electrons. The van der Waals surface area contributed by atoms with E-state index < -0.39 is 0 Å². The Balaban J connectivity index is 0. The van der Waals surface area contributed by atoms with Crippen molar-refractivity contribution in [3.8, 4) is 0 Å². The van der Waals surface area contributed by atoms with Crippen LogP contribution in [0.3, 0.4) is 0 Å². The maximum atomic E-state index is 2.67. The summed E-state index contributed by atoms with van der Waals surface area (Å²) in [5.74, 6) is 0. The van der Waals surface area contributed by atoms with E-state index in [4.69, 9.17) is 0 Å². The van der Waals surface area contributed by atoms with Crippen molar-refractivity contribution >= 4 is 22.4 Å². The van der Waals surface area contributed by atoms with Gasteiger partial charge in [0.2, 0.25) is 0 Å². The van der Waals surface area contributed by atoms with Crippen LogP contribution in [-0.4, -0.2) is 16.3 Å². The van der Waals surface area contributed by atoms with Gasteiger partial charge in [0, 0.05) is 0 Å². The molecule has 0 nitrogen and oxygen atoms in total. The third-order valence-corrected chi connectivity index (χ3v) is 1.80. The van der Waals surface area contributed by atoms with E-state index in [0.29, 0.717) is 0 Å². The molecule has 0 unspecified atom stereocenters. The molecule has 0 aliphatic carbocycles. The van der Waals surface area contributed by atoms with Crippen molar-refractivity contribution in [2.45, 2.75) is 12.2 Å². The van der Waals surface area contributed by atoms with E-state index in [9.17, 15) is 0 Å². The number of halogens is 2. The van der Waals surface area contributed by atoms with Gasteiger partial charge in [-0.3, -0.25) is 0 Å². The Morgan fingerprint density at radius 3 is 2.15 bits per heavy atom. The predicted octanol–water partition coefficient (Wildman–Crippen LogP) is -3.40. The molecule has 0 atom stereocenters.